The molecule has 0 saturated heterocycles. The SMILES string of the molecule is Fc1cccc2c1sc1c(F)cccc12.O=S(=O)(O)C(F)(F)F. The van der Waals surface area contributed by atoms with E-state index < -0.39 is 15.6 Å². The van der Waals surface area contributed by atoms with Crippen molar-refractivity contribution < 1.29 is 34.9 Å². The van der Waals surface area contributed by atoms with E-state index in [0.29, 0.717) is 9.40 Å². The molecule has 3 aromatic rings. The third-order valence-electron chi connectivity index (χ3n) is 2.72. The summed E-state index contributed by atoms with van der Waals surface area (Å²) in [6, 6.07) is 9.72. The maximum absolute atomic E-state index is 13.4. The second kappa shape index (κ2) is 6.02. The maximum Gasteiger partial charge on any atom is 0.522 e. The second-order valence-electron chi connectivity index (χ2n) is 4.26. The Balaban J connectivity index is 0.000000207. The highest BCUT2D eigenvalue weighted by Crippen LogP contribution is 2.36. The Labute approximate surface area is 130 Å². The number of benzene rings is 2. The zero-order chi connectivity index (χ0) is 17.4. The average molecular weight is 370 g/mol. The van der Waals surface area contributed by atoms with Crippen LogP contribution in [0.5, 0.6) is 0 Å². The first-order valence-corrected chi connectivity index (χ1v) is 8.07. The molecule has 0 aliphatic rings. The summed E-state index contributed by atoms with van der Waals surface area (Å²) in [6.45, 7) is 0. The fourth-order valence-electron chi connectivity index (χ4n) is 1.75. The number of fused-ring (bicyclic) bond motifs is 3. The minimum absolute atomic E-state index is 0.284. The summed E-state index contributed by atoms with van der Waals surface area (Å²) in [5.41, 5.74) is -5.53. The van der Waals surface area contributed by atoms with Crippen molar-refractivity contribution in [3.8, 4) is 0 Å². The molecule has 0 spiro atoms. The van der Waals surface area contributed by atoms with E-state index in [1.165, 1.54) is 12.1 Å². The summed E-state index contributed by atoms with van der Waals surface area (Å²) in [7, 11) is -5.84. The van der Waals surface area contributed by atoms with E-state index in [2.05, 4.69) is 0 Å². The van der Waals surface area contributed by atoms with Crippen LogP contribution in [0.15, 0.2) is 36.4 Å². The molecule has 3 nitrogen and oxygen atoms in total. The van der Waals surface area contributed by atoms with Crippen molar-refractivity contribution in [2.75, 3.05) is 0 Å². The van der Waals surface area contributed by atoms with Crippen LogP contribution in [0.2, 0.25) is 0 Å². The Morgan fingerprint density at radius 2 is 1.22 bits per heavy atom. The number of halogens is 5. The van der Waals surface area contributed by atoms with Crippen molar-refractivity contribution in [3.63, 3.8) is 0 Å². The van der Waals surface area contributed by atoms with Gasteiger partial charge in [0.1, 0.15) is 11.6 Å². The molecule has 2 aromatic carbocycles. The molecule has 1 N–H and O–H groups in total. The molecule has 0 aliphatic heterocycles. The van der Waals surface area contributed by atoms with Gasteiger partial charge < -0.3 is 0 Å². The number of hydrogen-bond donors (Lipinski definition) is 1. The highest BCUT2D eigenvalue weighted by molar-refractivity contribution is 7.86. The van der Waals surface area contributed by atoms with Crippen LogP contribution in [0.3, 0.4) is 0 Å². The maximum atomic E-state index is 13.4. The van der Waals surface area contributed by atoms with E-state index in [0.717, 1.165) is 22.1 Å². The van der Waals surface area contributed by atoms with Gasteiger partial charge in [-0.15, -0.1) is 11.3 Å². The number of thiophene rings is 1. The molecule has 23 heavy (non-hydrogen) atoms. The Morgan fingerprint density at radius 1 is 0.870 bits per heavy atom. The Hall–Kier alpha value is -1.78. The van der Waals surface area contributed by atoms with Crippen LogP contribution in [-0.4, -0.2) is 18.5 Å². The highest BCUT2D eigenvalue weighted by Gasteiger charge is 2.44. The molecule has 0 atom stereocenters. The van der Waals surface area contributed by atoms with Crippen molar-refractivity contribution in [2.45, 2.75) is 5.51 Å². The molecule has 0 saturated carbocycles. The van der Waals surface area contributed by atoms with Crippen LogP contribution in [0.1, 0.15) is 0 Å². The van der Waals surface area contributed by atoms with Crippen molar-refractivity contribution in [3.05, 3.63) is 48.0 Å². The monoisotopic (exact) mass is 370 g/mol. The van der Waals surface area contributed by atoms with Crippen LogP contribution < -0.4 is 0 Å². The number of alkyl halides is 3. The van der Waals surface area contributed by atoms with Crippen molar-refractivity contribution in [1.29, 1.82) is 0 Å². The highest BCUT2D eigenvalue weighted by atomic mass is 32.2. The quantitative estimate of drug-likeness (QED) is 0.354. The lowest BCUT2D eigenvalue weighted by molar-refractivity contribution is -0.0510. The van der Waals surface area contributed by atoms with Gasteiger partial charge in [0, 0.05) is 10.8 Å². The van der Waals surface area contributed by atoms with E-state index in [-0.39, 0.29) is 11.6 Å². The fourth-order valence-corrected chi connectivity index (χ4v) is 2.86. The molecule has 0 radical (unpaired) electrons. The van der Waals surface area contributed by atoms with Gasteiger partial charge in [0.05, 0.1) is 9.40 Å². The van der Waals surface area contributed by atoms with Gasteiger partial charge in [-0.05, 0) is 12.1 Å². The number of rotatable bonds is 0. The predicted molar refractivity (Wildman–Crippen MR) is 76.9 cm³/mol. The van der Waals surface area contributed by atoms with Crippen molar-refractivity contribution in [2.24, 2.45) is 0 Å². The van der Waals surface area contributed by atoms with E-state index in [4.69, 9.17) is 13.0 Å². The molecule has 0 aliphatic carbocycles. The van der Waals surface area contributed by atoms with Crippen LogP contribution in [0, 0.1) is 11.6 Å². The third kappa shape index (κ3) is 3.59. The van der Waals surface area contributed by atoms with Gasteiger partial charge in [0.25, 0.3) is 0 Å². The molecule has 0 amide bonds. The topological polar surface area (TPSA) is 54.4 Å². The molecule has 10 heteroatoms. The van der Waals surface area contributed by atoms with Crippen LogP contribution >= 0.6 is 11.3 Å². The van der Waals surface area contributed by atoms with E-state index in [1.54, 1.807) is 12.1 Å². The first-order chi connectivity index (χ1) is 10.5. The average Bonchev–Trinajstić information content (AvgIpc) is 2.79. The van der Waals surface area contributed by atoms with Gasteiger partial charge in [-0.1, -0.05) is 24.3 Å². The summed E-state index contributed by atoms with van der Waals surface area (Å²) >= 11 is 1.16. The van der Waals surface area contributed by atoms with Gasteiger partial charge in [-0.3, -0.25) is 4.55 Å². The summed E-state index contributed by atoms with van der Waals surface area (Å²) in [6.07, 6.45) is 0. The normalized spacial score (nSPS) is 12.3. The zero-order valence-corrected chi connectivity index (χ0v) is 12.6. The van der Waals surface area contributed by atoms with Gasteiger partial charge >= 0.3 is 15.6 Å². The van der Waals surface area contributed by atoms with Crippen LogP contribution in [0.25, 0.3) is 20.2 Å². The third-order valence-corrected chi connectivity index (χ3v) is 4.54. The molecule has 124 valence electrons. The summed E-state index contributed by atoms with van der Waals surface area (Å²) < 4.78 is 85.5. The molecule has 3 rings (SSSR count). The van der Waals surface area contributed by atoms with E-state index in [9.17, 15) is 22.0 Å². The number of hydrogen-bond acceptors (Lipinski definition) is 3. The van der Waals surface area contributed by atoms with Crippen molar-refractivity contribution in [1.82, 2.24) is 0 Å². The largest absolute Gasteiger partial charge is 0.522 e. The summed E-state index contributed by atoms with van der Waals surface area (Å²) in [5, 5.41) is 1.57. The molecule has 0 bridgehead atoms. The Kier molecular flexibility index (Phi) is 4.60. The first kappa shape index (κ1) is 17.6. The molecule has 0 fully saturated rings. The molecule has 1 heterocycles. The van der Waals surface area contributed by atoms with Gasteiger partial charge in [0.15, 0.2) is 0 Å². The van der Waals surface area contributed by atoms with E-state index >= 15 is 0 Å². The summed E-state index contributed by atoms with van der Waals surface area (Å²) in [4.78, 5) is 0. The van der Waals surface area contributed by atoms with E-state index in [1.807, 2.05) is 12.1 Å². The molecular formula is C13H7F5O3S2. The van der Waals surface area contributed by atoms with Gasteiger partial charge in [-0.25, -0.2) is 8.78 Å². The lowest BCUT2D eigenvalue weighted by Crippen LogP contribution is -2.21. The smallest absolute Gasteiger partial charge is 0.279 e. The standard InChI is InChI=1S/C12H6F2S.CHF3O3S/c13-9-5-1-3-7-8-4-2-6-10(14)12(8)15-11(7)9;2-1(3,4)8(5,6)7/h1-6H;(H,5,6,7). The van der Waals surface area contributed by atoms with Crippen molar-refractivity contribution >= 4 is 41.6 Å². The van der Waals surface area contributed by atoms with Crippen LogP contribution in [0.4, 0.5) is 22.0 Å². The lowest BCUT2D eigenvalue weighted by Gasteiger charge is -1.97. The van der Waals surface area contributed by atoms with Crippen LogP contribution in [-0.2, 0) is 10.1 Å². The predicted octanol–water partition coefficient (Wildman–Crippen LogP) is 4.73. The zero-order valence-electron chi connectivity index (χ0n) is 10.9. The molecule has 1 aromatic heterocycles. The minimum Gasteiger partial charge on any atom is -0.279 e. The Bertz CT molecular complexity index is 905. The molecule has 0 unspecified atom stereocenters. The minimum atomic E-state index is -5.84. The summed E-state index contributed by atoms with van der Waals surface area (Å²) in [5.74, 6) is -0.568. The van der Waals surface area contributed by atoms with Gasteiger partial charge in [0.2, 0.25) is 0 Å². The second-order valence-corrected chi connectivity index (χ2v) is 6.69. The Morgan fingerprint density at radius 3 is 1.52 bits per heavy atom. The first-order valence-electron chi connectivity index (χ1n) is 5.81. The van der Waals surface area contributed by atoms with Gasteiger partial charge in [-0.2, -0.15) is 21.6 Å². The molecular weight excluding hydrogens is 363 g/mol. The lowest BCUT2D eigenvalue weighted by atomic mass is 10.1. The fraction of sp³-hybridized carbons (Fsp3) is 0.0769.